The molecule has 3 unspecified atom stereocenters. The van der Waals surface area contributed by atoms with Crippen molar-refractivity contribution in [2.75, 3.05) is 6.54 Å². The van der Waals surface area contributed by atoms with Gasteiger partial charge in [-0.3, -0.25) is 4.79 Å². The van der Waals surface area contributed by atoms with Crippen molar-refractivity contribution in [2.24, 2.45) is 0 Å². The topological polar surface area (TPSA) is 70.2 Å². The highest BCUT2D eigenvalue weighted by molar-refractivity contribution is 6.30. The zero-order valence-corrected chi connectivity index (χ0v) is 13.7. The summed E-state index contributed by atoms with van der Waals surface area (Å²) in [6, 6.07) is 7.26. The summed E-state index contributed by atoms with van der Waals surface area (Å²) in [7, 11) is 0. The zero-order valence-electron chi connectivity index (χ0n) is 13.0. The number of amides is 3. The third-order valence-electron chi connectivity index (χ3n) is 4.72. The first-order valence-electron chi connectivity index (χ1n) is 8.23. The Labute approximate surface area is 141 Å². The summed E-state index contributed by atoms with van der Waals surface area (Å²) < 4.78 is 0. The summed E-state index contributed by atoms with van der Waals surface area (Å²) in [5.41, 5.74) is 1.20. The molecule has 3 rings (SSSR count). The Hall–Kier alpha value is -1.75. The van der Waals surface area contributed by atoms with Crippen molar-refractivity contribution in [3.05, 3.63) is 34.9 Å². The van der Waals surface area contributed by atoms with Crippen LogP contribution in [0.1, 0.15) is 43.6 Å². The van der Waals surface area contributed by atoms with Crippen LogP contribution in [0.5, 0.6) is 0 Å². The van der Waals surface area contributed by atoms with Crippen LogP contribution in [0.2, 0.25) is 5.02 Å². The Morgan fingerprint density at radius 3 is 2.61 bits per heavy atom. The number of benzene rings is 1. The van der Waals surface area contributed by atoms with E-state index in [-0.39, 0.29) is 18.0 Å². The smallest absolute Gasteiger partial charge is 0.315 e. The van der Waals surface area contributed by atoms with Crippen molar-refractivity contribution in [1.29, 1.82) is 0 Å². The third-order valence-corrected chi connectivity index (χ3v) is 4.97. The minimum Gasteiger partial charge on any atom is -0.354 e. The van der Waals surface area contributed by atoms with Crippen molar-refractivity contribution < 1.29 is 9.59 Å². The van der Waals surface area contributed by atoms with E-state index in [2.05, 4.69) is 16.0 Å². The van der Waals surface area contributed by atoms with E-state index in [0.29, 0.717) is 18.9 Å². The van der Waals surface area contributed by atoms with E-state index in [1.807, 2.05) is 24.3 Å². The van der Waals surface area contributed by atoms with Crippen LogP contribution >= 0.6 is 11.6 Å². The lowest BCUT2D eigenvalue weighted by Gasteiger charge is -2.26. The predicted octanol–water partition coefficient (Wildman–Crippen LogP) is 2.55. The van der Waals surface area contributed by atoms with Gasteiger partial charge in [0.2, 0.25) is 5.91 Å². The summed E-state index contributed by atoms with van der Waals surface area (Å²) in [5.74, 6) is 0.213. The Bertz CT molecular complexity index is 576. The number of nitrogens with one attached hydrogen (secondary N) is 3. The van der Waals surface area contributed by atoms with E-state index in [4.69, 9.17) is 11.6 Å². The van der Waals surface area contributed by atoms with Crippen LogP contribution in [0.4, 0.5) is 4.79 Å². The fourth-order valence-electron chi connectivity index (χ4n) is 3.52. The number of hydrogen-bond donors (Lipinski definition) is 3. The number of halogens is 1. The standard InChI is InChI=1S/C17H22ClN3O2/c18-12-8-6-11(7-9-12)13-3-1-4-14(13)20-17(23)21-15-5-2-10-19-16(15)22/h6-9,13-15H,1-5,10H2,(H,19,22)(H2,20,21,23). The zero-order chi connectivity index (χ0) is 16.2. The summed E-state index contributed by atoms with van der Waals surface area (Å²) in [4.78, 5) is 23.9. The maximum Gasteiger partial charge on any atom is 0.315 e. The largest absolute Gasteiger partial charge is 0.354 e. The molecular formula is C17H22ClN3O2. The molecule has 1 aromatic rings. The molecule has 2 aliphatic rings. The van der Waals surface area contributed by atoms with Crippen molar-refractivity contribution in [3.8, 4) is 0 Å². The number of piperidine rings is 1. The highest BCUT2D eigenvalue weighted by atomic mass is 35.5. The van der Waals surface area contributed by atoms with E-state index in [0.717, 1.165) is 30.7 Å². The van der Waals surface area contributed by atoms with Gasteiger partial charge in [-0.25, -0.2) is 4.79 Å². The van der Waals surface area contributed by atoms with Gasteiger partial charge in [-0.05, 0) is 43.4 Å². The first-order chi connectivity index (χ1) is 11.1. The Morgan fingerprint density at radius 2 is 1.87 bits per heavy atom. The maximum atomic E-state index is 12.2. The van der Waals surface area contributed by atoms with Crippen LogP contribution in [0, 0.1) is 0 Å². The van der Waals surface area contributed by atoms with E-state index in [1.165, 1.54) is 5.56 Å². The van der Waals surface area contributed by atoms with Crippen LogP contribution in [0.3, 0.4) is 0 Å². The van der Waals surface area contributed by atoms with E-state index in [1.54, 1.807) is 0 Å². The van der Waals surface area contributed by atoms with Gasteiger partial charge in [-0.15, -0.1) is 0 Å². The lowest BCUT2D eigenvalue weighted by Crippen LogP contribution is -2.54. The van der Waals surface area contributed by atoms with E-state index >= 15 is 0 Å². The molecule has 124 valence electrons. The molecule has 1 saturated heterocycles. The molecule has 2 fully saturated rings. The number of rotatable bonds is 3. The number of urea groups is 1. The molecule has 1 saturated carbocycles. The molecule has 3 amide bonds. The van der Waals surface area contributed by atoms with Gasteiger partial charge in [0.15, 0.2) is 0 Å². The molecule has 0 radical (unpaired) electrons. The first kappa shape index (κ1) is 16.1. The molecule has 3 N–H and O–H groups in total. The summed E-state index contributed by atoms with van der Waals surface area (Å²) in [6.45, 7) is 0.694. The van der Waals surface area contributed by atoms with Crippen LogP contribution in [0.25, 0.3) is 0 Å². The molecule has 0 spiro atoms. The normalized spacial score (nSPS) is 27.3. The second kappa shape index (κ2) is 7.21. The third kappa shape index (κ3) is 3.96. The predicted molar refractivity (Wildman–Crippen MR) is 89.5 cm³/mol. The van der Waals surface area contributed by atoms with Gasteiger partial charge in [0.1, 0.15) is 6.04 Å². The van der Waals surface area contributed by atoms with Crippen LogP contribution in [-0.2, 0) is 4.79 Å². The molecule has 6 heteroatoms. The molecular weight excluding hydrogens is 314 g/mol. The van der Waals surface area contributed by atoms with Crippen LogP contribution in [0.15, 0.2) is 24.3 Å². The van der Waals surface area contributed by atoms with Crippen molar-refractivity contribution in [1.82, 2.24) is 16.0 Å². The molecule has 1 heterocycles. The number of carbonyl (C=O) groups excluding carboxylic acids is 2. The quantitative estimate of drug-likeness (QED) is 0.794. The van der Waals surface area contributed by atoms with Crippen molar-refractivity contribution in [2.45, 2.75) is 50.1 Å². The van der Waals surface area contributed by atoms with E-state index < -0.39 is 6.04 Å². The molecule has 1 aliphatic heterocycles. The monoisotopic (exact) mass is 335 g/mol. The van der Waals surface area contributed by atoms with Gasteiger partial charge in [0, 0.05) is 23.5 Å². The van der Waals surface area contributed by atoms with Crippen LogP contribution < -0.4 is 16.0 Å². The lowest BCUT2D eigenvalue weighted by atomic mass is 9.94. The first-order valence-corrected chi connectivity index (χ1v) is 8.61. The highest BCUT2D eigenvalue weighted by Crippen LogP contribution is 2.35. The minimum atomic E-state index is -0.417. The van der Waals surface area contributed by atoms with Gasteiger partial charge < -0.3 is 16.0 Å². The molecule has 23 heavy (non-hydrogen) atoms. The molecule has 0 aromatic heterocycles. The molecule has 1 aliphatic carbocycles. The molecule has 1 aromatic carbocycles. The summed E-state index contributed by atoms with van der Waals surface area (Å²) in [5, 5.41) is 9.34. The molecule has 0 bridgehead atoms. The van der Waals surface area contributed by atoms with Gasteiger partial charge >= 0.3 is 6.03 Å². The average Bonchev–Trinajstić information content (AvgIpc) is 2.98. The van der Waals surface area contributed by atoms with Gasteiger partial charge in [0.25, 0.3) is 0 Å². The van der Waals surface area contributed by atoms with Crippen LogP contribution in [-0.4, -0.2) is 30.6 Å². The fraction of sp³-hybridized carbons (Fsp3) is 0.529. The Kier molecular flexibility index (Phi) is 5.06. The fourth-order valence-corrected chi connectivity index (χ4v) is 3.65. The summed E-state index contributed by atoms with van der Waals surface area (Å²) >= 11 is 5.94. The average molecular weight is 336 g/mol. The number of hydrogen-bond acceptors (Lipinski definition) is 2. The minimum absolute atomic E-state index is 0.0907. The van der Waals surface area contributed by atoms with E-state index in [9.17, 15) is 9.59 Å². The maximum absolute atomic E-state index is 12.2. The number of carbonyl (C=O) groups is 2. The second-order valence-corrected chi connectivity index (χ2v) is 6.74. The van der Waals surface area contributed by atoms with Crippen molar-refractivity contribution in [3.63, 3.8) is 0 Å². The van der Waals surface area contributed by atoms with Gasteiger partial charge in [-0.1, -0.05) is 30.2 Å². The van der Waals surface area contributed by atoms with Crippen molar-refractivity contribution >= 4 is 23.5 Å². The lowest BCUT2D eigenvalue weighted by molar-refractivity contribution is -0.124. The molecule has 5 nitrogen and oxygen atoms in total. The Balaban J connectivity index is 1.58. The van der Waals surface area contributed by atoms with Gasteiger partial charge in [0.05, 0.1) is 0 Å². The Morgan fingerprint density at radius 1 is 1.09 bits per heavy atom. The summed E-state index contributed by atoms with van der Waals surface area (Å²) in [6.07, 6.45) is 4.69. The van der Waals surface area contributed by atoms with Gasteiger partial charge in [-0.2, -0.15) is 0 Å². The highest BCUT2D eigenvalue weighted by Gasteiger charge is 2.31. The molecule has 3 atom stereocenters. The second-order valence-electron chi connectivity index (χ2n) is 6.30. The SMILES string of the molecule is O=C(NC1CCCNC1=O)NC1CCCC1c1ccc(Cl)cc1.